The van der Waals surface area contributed by atoms with Gasteiger partial charge in [0.15, 0.2) is 4.80 Å². The standard InChI is InChI=1S/C25H27N3O6S2/c1-5-15-27(16-6-2)36(31,32)19-13-11-18(12-14-19)24(30)26-25-28(17-22(29)33-4)23-20(34-7-3)9-8-10-21(23)35-25/h5-6,8-14H,1-2,7,15-17H2,3-4H3. The highest BCUT2D eigenvalue weighted by atomic mass is 32.2. The maximum Gasteiger partial charge on any atom is 0.325 e. The van der Waals surface area contributed by atoms with E-state index in [0.717, 1.165) is 4.70 Å². The van der Waals surface area contributed by atoms with Crippen LogP contribution in [-0.4, -0.2) is 56.0 Å². The van der Waals surface area contributed by atoms with Crippen LogP contribution in [0.2, 0.25) is 0 Å². The zero-order chi connectivity index (χ0) is 26.3. The molecule has 0 bridgehead atoms. The average molecular weight is 530 g/mol. The zero-order valence-corrected chi connectivity index (χ0v) is 21.7. The molecule has 11 heteroatoms. The van der Waals surface area contributed by atoms with Gasteiger partial charge < -0.3 is 14.0 Å². The van der Waals surface area contributed by atoms with Crippen molar-refractivity contribution in [2.24, 2.45) is 4.99 Å². The van der Waals surface area contributed by atoms with Crippen molar-refractivity contribution in [3.05, 3.63) is 78.1 Å². The molecule has 0 saturated heterocycles. The number of sulfonamides is 1. The number of hydrogen-bond acceptors (Lipinski definition) is 7. The first-order chi connectivity index (χ1) is 17.3. The second-order valence-corrected chi connectivity index (χ2v) is 10.4. The Morgan fingerprint density at radius 1 is 1.11 bits per heavy atom. The van der Waals surface area contributed by atoms with E-state index in [9.17, 15) is 18.0 Å². The van der Waals surface area contributed by atoms with Gasteiger partial charge in [-0.1, -0.05) is 29.6 Å². The molecule has 0 radical (unpaired) electrons. The van der Waals surface area contributed by atoms with Gasteiger partial charge in [-0.05, 0) is 43.3 Å². The number of ether oxygens (including phenoxy) is 2. The Hall–Kier alpha value is -3.54. The van der Waals surface area contributed by atoms with E-state index in [4.69, 9.17) is 9.47 Å². The van der Waals surface area contributed by atoms with Crippen LogP contribution in [0.25, 0.3) is 10.2 Å². The molecular weight excluding hydrogens is 502 g/mol. The number of thiazole rings is 1. The number of rotatable bonds is 11. The first-order valence-electron chi connectivity index (χ1n) is 11.0. The van der Waals surface area contributed by atoms with E-state index in [0.29, 0.717) is 17.9 Å². The van der Waals surface area contributed by atoms with E-state index in [2.05, 4.69) is 18.2 Å². The molecule has 0 aliphatic heterocycles. The molecule has 0 spiro atoms. The van der Waals surface area contributed by atoms with Gasteiger partial charge in [-0.2, -0.15) is 9.30 Å². The van der Waals surface area contributed by atoms with Crippen LogP contribution in [-0.2, 0) is 26.1 Å². The van der Waals surface area contributed by atoms with Crippen LogP contribution in [0.3, 0.4) is 0 Å². The first kappa shape index (κ1) is 27.1. The molecule has 1 amide bonds. The number of hydrogen-bond donors (Lipinski definition) is 0. The minimum Gasteiger partial charge on any atom is -0.492 e. The third-order valence-electron chi connectivity index (χ3n) is 5.08. The lowest BCUT2D eigenvalue weighted by Gasteiger charge is -2.19. The number of nitrogens with zero attached hydrogens (tertiary/aromatic N) is 3. The van der Waals surface area contributed by atoms with Gasteiger partial charge in [0.25, 0.3) is 5.91 Å². The number of fused-ring (bicyclic) bond motifs is 1. The quantitative estimate of drug-likeness (QED) is 0.278. The first-order valence-corrected chi connectivity index (χ1v) is 13.3. The summed E-state index contributed by atoms with van der Waals surface area (Å²) in [5, 5.41) is 0. The van der Waals surface area contributed by atoms with Crippen molar-refractivity contribution < 1.29 is 27.5 Å². The van der Waals surface area contributed by atoms with Crippen molar-refractivity contribution in [1.82, 2.24) is 8.87 Å². The van der Waals surface area contributed by atoms with Gasteiger partial charge in [-0.25, -0.2) is 8.42 Å². The Morgan fingerprint density at radius 2 is 1.78 bits per heavy atom. The van der Waals surface area contributed by atoms with Crippen LogP contribution in [0.15, 0.2) is 77.7 Å². The molecule has 1 heterocycles. The molecule has 0 aliphatic rings. The summed E-state index contributed by atoms with van der Waals surface area (Å²) in [7, 11) is -2.51. The highest BCUT2D eigenvalue weighted by Crippen LogP contribution is 2.28. The van der Waals surface area contributed by atoms with Crippen LogP contribution in [0, 0.1) is 0 Å². The minimum absolute atomic E-state index is 0.0340. The van der Waals surface area contributed by atoms with Crippen molar-refractivity contribution in [3.8, 4) is 5.75 Å². The van der Waals surface area contributed by atoms with Gasteiger partial charge in [0.05, 0.1) is 23.3 Å². The Bertz CT molecular complexity index is 1440. The molecule has 0 saturated carbocycles. The summed E-state index contributed by atoms with van der Waals surface area (Å²) in [5.74, 6) is -0.536. The second-order valence-electron chi connectivity index (χ2n) is 7.42. The Morgan fingerprint density at radius 3 is 2.36 bits per heavy atom. The highest BCUT2D eigenvalue weighted by molar-refractivity contribution is 7.89. The van der Waals surface area contributed by atoms with Gasteiger partial charge in [0.2, 0.25) is 10.0 Å². The van der Waals surface area contributed by atoms with E-state index in [1.54, 1.807) is 10.6 Å². The fraction of sp³-hybridized carbons (Fsp3) is 0.240. The van der Waals surface area contributed by atoms with E-state index in [1.807, 2.05) is 19.1 Å². The monoisotopic (exact) mass is 529 g/mol. The molecule has 36 heavy (non-hydrogen) atoms. The number of carbonyl (C=O) groups is 2. The number of amides is 1. The summed E-state index contributed by atoms with van der Waals surface area (Å²) in [6, 6.07) is 11.0. The lowest BCUT2D eigenvalue weighted by Crippen LogP contribution is -2.31. The molecule has 0 unspecified atom stereocenters. The lowest BCUT2D eigenvalue weighted by molar-refractivity contribution is -0.141. The molecule has 9 nitrogen and oxygen atoms in total. The molecular formula is C25H27N3O6S2. The Balaban J connectivity index is 2.03. The van der Waals surface area contributed by atoms with Crippen molar-refractivity contribution >= 4 is 43.5 Å². The van der Waals surface area contributed by atoms with Crippen LogP contribution in [0.1, 0.15) is 17.3 Å². The molecule has 0 fully saturated rings. The second kappa shape index (κ2) is 11.9. The van der Waals surface area contributed by atoms with Crippen molar-refractivity contribution in [2.75, 3.05) is 26.8 Å². The van der Waals surface area contributed by atoms with Gasteiger partial charge in [0.1, 0.15) is 17.8 Å². The molecule has 3 rings (SSSR count). The summed E-state index contributed by atoms with van der Waals surface area (Å²) in [5.41, 5.74) is 0.826. The fourth-order valence-electron chi connectivity index (χ4n) is 3.42. The molecule has 0 atom stereocenters. The van der Waals surface area contributed by atoms with Gasteiger partial charge >= 0.3 is 5.97 Å². The van der Waals surface area contributed by atoms with Gasteiger partial charge in [0, 0.05) is 18.7 Å². The van der Waals surface area contributed by atoms with Crippen LogP contribution < -0.4 is 9.54 Å². The third kappa shape index (κ3) is 5.81. The summed E-state index contributed by atoms with van der Waals surface area (Å²) in [6.07, 6.45) is 2.98. The summed E-state index contributed by atoms with van der Waals surface area (Å²) >= 11 is 1.23. The predicted octanol–water partition coefficient (Wildman–Crippen LogP) is 3.38. The SMILES string of the molecule is C=CCN(CC=C)S(=O)(=O)c1ccc(C(=O)N=c2sc3cccc(OCC)c3n2CC(=O)OC)cc1. The van der Waals surface area contributed by atoms with Crippen LogP contribution in [0.4, 0.5) is 0 Å². The normalized spacial score (nSPS) is 12.0. The minimum atomic E-state index is -3.80. The zero-order valence-electron chi connectivity index (χ0n) is 20.0. The van der Waals surface area contributed by atoms with Crippen LogP contribution >= 0.6 is 11.3 Å². The fourth-order valence-corrected chi connectivity index (χ4v) is 5.85. The topological polar surface area (TPSA) is 107 Å². The van der Waals surface area contributed by atoms with E-state index in [-0.39, 0.29) is 34.9 Å². The summed E-state index contributed by atoms with van der Waals surface area (Å²) < 4.78 is 39.9. The average Bonchev–Trinajstić information content (AvgIpc) is 3.21. The van der Waals surface area contributed by atoms with Gasteiger partial charge in [-0.15, -0.1) is 13.2 Å². The van der Waals surface area contributed by atoms with E-state index in [1.165, 1.54) is 59.2 Å². The number of aromatic nitrogens is 1. The molecule has 3 aromatic rings. The maximum absolute atomic E-state index is 13.0. The summed E-state index contributed by atoms with van der Waals surface area (Å²) in [6.45, 7) is 9.55. The van der Waals surface area contributed by atoms with Crippen molar-refractivity contribution in [3.63, 3.8) is 0 Å². The number of methoxy groups -OCH3 is 1. The molecule has 0 aliphatic carbocycles. The number of esters is 1. The Kier molecular flexibility index (Phi) is 8.97. The lowest BCUT2D eigenvalue weighted by atomic mass is 10.2. The number of para-hydroxylation sites is 1. The largest absolute Gasteiger partial charge is 0.492 e. The van der Waals surface area contributed by atoms with Crippen LogP contribution in [0.5, 0.6) is 5.75 Å². The highest BCUT2D eigenvalue weighted by Gasteiger charge is 2.23. The van der Waals surface area contributed by atoms with Gasteiger partial charge in [-0.3, -0.25) is 9.59 Å². The number of carbonyl (C=O) groups excluding carboxylic acids is 2. The Labute approximate surface area is 213 Å². The number of benzene rings is 2. The van der Waals surface area contributed by atoms with Crippen molar-refractivity contribution in [2.45, 2.75) is 18.4 Å². The molecule has 1 aromatic heterocycles. The molecule has 2 aromatic carbocycles. The van der Waals surface area contributed by atoms with E-state index >= 15 is 0 Å². The maximum atomic E-state index is 13.0. The van der Waals surface area contributed by atoms with Crippen molar-refractivity contribution in [1.29, 1.82) is 0 Å². The predicted molar refractivity (Wildman–Crippen MR) is 138 cm³/mol. The third-order valence-corrected chi connectivity index (χ3v) is 7.97. The molecule has 190 valence electrons. The smallest absolute Gasteiger partial charge is 0.325 e. The molecule has 0 N–H and O–H groups in total. The van der Waals surface area contributed by atoms with E-state index < -0.39 is 21.9 Å². The summed E-state index contributed by atoms with van der Waals surface area (Å²) in [4.78, 5) is 29.7.